The first kappa shape index (κ1) is 17.2. The number of hydrogen-bond acceptors (Lipinski definition) is 4. The number of aromatic nitrogens is 2. The highest BCUT2D eigenvalue weighted by Crippen LogP contribution is 2.31. The monoisotopic (exact) mass is 347 g/mol. The molecular formula is C18H25N3O2S. The van der Waals surface area contributed by atoms with Gasteiger partial charge in [0.2, 0.25) is 0 Å². The fraction of sp³-hybridized carbons (Fsp3) is 0.556. The third-order valence-corrected chi connectivity index (χ3v) is 6.07. The molecule has 1 saturated heterocycles. The molecule has 0 bridgehead atoms. The van der Waals surface area contributed by atoms with Crippen molar-refractivity contribution in [1.29, 1.82) is 0 Å². The summed E-state index contributed by atoms with van der Waals surface area (Å²) in [5.74, 6) is 1.43. The van der Waals surface area contributed by atoms with E-state index in [4.69, 9.17) is 0 Å². The van der Waals surface area contributed by atoms with Gasteiger partial charge in [0.1, 0.15) is 11.9 Å². The van der Waals surface area contributed by atoms with Crippen molar-refractivity contribution >= 4 is 17.2 Å². The predicted molar refractivity (Wildman–Crippen MR) is 95.2 cm³/mol. The molecule has 0 aliphatic carbocycles. The summed E-state index contributed by atoms with van der Waals surface area (Å²) in [4.78, 5) is 20.1. The molecule has 1 N–H and O–H groups in total. The lowest BCUT2D eigenvalue weighted by Crippen LogP contribution is -2.39. The Labute approximate surface area is 146 Å². The second-order valence-electron chi connectivity index (χ2n) is 6.86. The lowest BCUT2D eigenvalue weighted by Gasteiger charge is -2.34. The highest BCUT2D eigenvalue weighted by Gasteiger charge is 2.30. The van der Waals surface area contributed by atoms with Gasteiger partial charge in [0, 0.05) is 42.8 Å². The number of carbonyl (C=O) groups excluding carboxylic acids is 1. The van der Waals surface area contributed by atoms with Crippen LogP contribution in [0.25, 0.3) is 0 Å². The van der Waals surface area contributed by atoms with Crippen LogP contribution >= 0.6 is 11.3 Å². The Bertz CT molecular complexity index is 699. The van der Waals surface area contributed by atoms with Crippen molar-refractivity contribution in [3.63, 3.8) is 0 Å². The van der Waals surface area contributed by atoms with Crippen LogP contribution in [0.3, 0.4) is 0 Å². The van der Waals surface area contributed by atoms with E-state index in [-0.39, 0.29) is 11.8 Å². The van der Waals surface area contributed by atoms with E-state index in [1.807, 2.05) is 34.2 Å². The van der Waals surface area contributed by atoms with Crippen LogP contribution in [0.15, 0.2) is 23.8 Å². The van der Waals surface area contributed by atoms with Crippen LogP contribution in [0.1, 0.15) is 59.8 Å². The van der Waals surface area contributed by atoms with Crippen molar-refractivity contribution in [2.45, 2.75) is 38.7 Å². The number of hydrogen-bond donors (Lipinski definition) is 1. The molecule has 2 aromatic heterocycles. The average Bonchev–Trinajstić information content (AvgIpc) is 3.23. The molecule has 3 rings (SSSR count). The summed E-state index contributed by atoms with van der Waals surface area (Å²) >= 11 is 1.66. The SMILES string of the molecule is CC(C)c1cc(C(=O)N2CCC(C(O)c3nccn3C)CC2)cs1. The second-order valence-corrected chi connectivity index (χ2v) is 7.81. The van der Waals surface area contributed by atoms with Crippen LogP contribution in [0.5, 0.6) is 0 Å². The molecule has 2 aromatic rings. The van der Waals surface area contributed by atoms with Gasteiger partial charge in [-0.3, -0.25) is 4.79 Å². The molecule has 24 heavy (non-hydrogen) atoms. The molecule has 6 heteroatoms. The summed E-state index contributed by atoms with van der Waals surface area (Å²) in [6.07, 6.45) is 4.61. The molecule has 1 aliphatic heterocycles. The number of aryl methyl sites for hydroxylation is 1. The van der Waals surface area contributed by atoms with Crippen molar-refractivity contribution in [1.82, 2.24) is 14.5 Å². The van der Waals surface area contributed by atoms with Crippen LogP contribution in [-0.4, -0.2) is 38.6 Å². The summed E-state index contributed by atoms with van der Waals surface area (Å²) in [6.45, 7) is 5.67. The summed E-state index contributed by atoms with van der Waals surface area (Å²) in [5.41, 5.74) is 0.798. The molecule has 1 amide bonds. The van der Waals surface area contributed by atoms with Gasteiger partial charge >= 0.3 is 0 Å². The molecule has 0 radical (unpaired) electrons. The Morgan fingerprint density at radius 1 is 1.38 bits per heavy atom. The summed E-state index contributed by atoms with van der Waals surface area (Å²) in [7, 11) is 1.90. The Hall–Kier alpha value is -1.66. The number of aliphatic hydroxyl groups is 1. The average molecular weight is 347 g/mol. The minimum Gasteiger partial charge on any atom is -0.385 e. The van der Waals surface area contributed by atoms with Crippen molar-refractivity contribution < 1.29 is 9.90 Å². The lowest BCUT2D eigenvalue weighted by atomic mass is 9.90. The number of rotatable bonds is 4. The van der Waals surface area contributed by atoms with Crippen LogP contribution in [-0.2, 0) is 7.05 Å². The van der Waals surface area contributed by atoms with Gasteiger partial charge in [-0.2, -0.15) is 0 Å². The lowest BCUT2D eigenvalue weighted by molar-refractivity contribution is 0.0420. The normalized spacial score (nSPS) is 17.5. The smallest absolute Gasteiger partial charge is 0.254 e. The van der Waals surface area contributed by atoms with Gasteiger partial charge < -0.3 is 14.6 Å². The quantitative estimate of drug-likeness (QED) is 0.924. The van der Waals surface area contributed by atoms with Crippen LogP contribution in [0.4, 0.5) is 0 Å². The number of thiophene rings is 1. The van der Waals surface area contributed by atoms with Crippen molar-refractivity contribution in [3.05, 3.63) is 40.1 Å². The fourth-order valence-corrected chi connectivity index (χ4v) is 4.14. The van der Waals surface area contributed by atoms with Gasteiger partial charge in [-0.1, -0.05) is 13.8 Å². The number of likely N-dealkylation sites (tertiary alicyclic amines) is 1. The zero-order valence-electron chi connectivity index (χ0n) is 14.5. The maximum absolute atomic E-state index is 12.6. The molecule has 130 valence electrons. The van der Waals surface area contributed by atoms with Gasteiger partial charge in [0.05, 0.1) is 5.56 Å². The van der Waals surface area contributed by atoms with Crippen molar-refractivity contribution in [2.75, 3.05) is 13.1 Å². The second kappa shape index (κ2) is 7.07. The Morgan fingerprint density at radius 3 is 2.62 bits per heavy atom. The zero-order valence-corrected chi connectivity index (χ0v) is 15.3. The minimum absolute atomic E-state index is 0.114. The predicted octanol–water partition coefficient (Wildman–Crippen LogP) is 3.19. The fourth-order valence-electron chi connectivity index (χ4n) is 3.24. The molecule has 1 unspecified atom stereocenters. The third-order valence-electron chi connectivity index (χ3n) is 4.83. The molecule has 0 aromatic carbocycles. The molecule has 5 nitrogen and oxygen atoms in total. The zero-order chi connectivity index (χ0) is 17.3. The first-order chi connectivity index (χ1) is 11.5. The number of aliphatic hydroxyl groups excluding tert-OH is 1. The van der Waals surface area contributed by atoms with E-state index in [0.717, 1.165) is 18.4 Å². The standard InChI is InChI=1S/C18H25N3O2S/c1-12(2)15-10-14(11-24-15)18(23)21-7-4-13(5-8-21)16(22)17-19-6-9-20(17)3/h6,9-13,16,22H,4-5,7-8H2,1-3H3. The topological polar surface area (TPSA) is 58.4 Å². The molecule has 0 spiro atoms. The van der Waals surface area contributed by atoms with Crippen LogP contribution in [0.2, 0.25) is 0 Å². The first-order valence-corrected chi connectivity index (χ1v) is 9.38. The number of piperidine rings is 1. The van der Waals surface area contributed by atoms with Crippen LogP contribution in [0, 0.1) is 5.92 Å². The summed E-state index contributed by atoms with van der Waals surface area (Å²) in [6, 6.07) is 2.02. The third kappa shape index (κ3) is 3.39. The molecule has 0 saturated carbocycles. The van der Waals surface area contributed by atoms with E-state index >= 15 is 0 Å². The van der Waals surface area contributed by atoms with Gasteiger partial charge in [-0.05, 0) is 30.7 Å². The van der Waals surface area contributed by atoms with Crippen LogP contribution < -0.4 is 0 Å². The number of imidazole rings is 1. The Kier molecular flexibility index (Phi) is 5.06. The number of nitrogens with zero attached hydrogens (tertiary/aromatic N) is 3. The van der Waals surface area contributed by atoms with Gasteiger partial charge in [-0.15, -0.1) is 11.3 Å². The van der Waals surface area contributed by atoms with E-state index < -0.39 is 6.10 Å². The van der Waals surface area contributed by atoms with Gasteiger partial charge in [-0.25, -0.2) is 4.98 Å². The highest BCUT2D eigenvalue weighted by molar-refractivity contribution is 7.10. The molecule has 3 heterocycles. The summed E-state index contributed by atoms with van der Waals surface area (Å²) in [5, 5.41) is 12.5. The van der Waals surface area contributed by atoms with E-state index in [1.165, 1.54) is 4.88 Å². The number of carbonyl (C=O) groups is 1. The molecular weight excluding hydrogens is 322 g/mol. The Morgan fingerprint density at radius 2 is 2.08 bits per heavy atom. The van der Waals surface area contributed by atoms with E-state index in [0.29, 0.717) is 24.8 Å². The number of amides is 1. The molecule has 1 aliphatic rings. The minimum atomic E-state index is -0.559. The van der Waals surface area contributed by atoms with Crippen molar-refractivity contribution in [2.24, 2.45) is 13.0 Å². The van der Waals surface area contributed by atoms with E-state index in [9.17, 15) is 9.90 Å². The Balaban J connectivity index is 1.60. The first-order valence-electron chi connectivity index (χ1n) is 8.50. The summed E-state index contributed by atoms with van der Waals surface area (Å²) < 4.78 is 1.86. The molecule has 1 fully saturated rings. The van der Waals surface area contributed by atoms with Gasteiger partial charge in [0.25, 0.3) is 5.91 Å². The van der Waals surface area contributed by atoms with Gasteiger partial charge in [0.15, 0.2) is 0 Å². The maximum Gasteiger partial charge on any atom is 0.254 e. The maximum atomic E-state index is 12.6. The largest absolute Gasteiger partial charge is 0.385 e. The van der Waals surface area contributed by atoms with E-state index in [2.05, 4.69) is 18.8 Å². The van der Waals surface area contributed by atoms with Crippen molar-refractivity contribution in [3.8, 4) is 0 Å². The molecule has 1 atom stereocenters. The highest BCUT2D eigenvalue weighted by atomic mass is 32.1. The van der Waals surface area contributed by atoms with E-state index in [1.54, 1.807) is 17.5 Å².